The number of hydrogen-bond acceptors (Lipinski definition) is 7. The summed E-state index contributed by atoms with van der Waals surface area (Å²) in [6.45, 7) is 8.67. The van der Waals surface area contributed by atoms with Crippen LogP contribution < -0.4 is 9.47 Å². The molecule has 0 aliphatic carbocycles. The molecule has 1 N–H and O–H groups in total. The van der Waals surface area contributed by atoms with Crippen LogP contribution in [-0.2, 0) is 4.74 Å². The average molecular weight is 408 g/mol. The van der Waals surface area contributed by atoms with Gasteiger partial charge < -0.3 is 24.2 Å². The van der Waals surface area contributed by atoms with E-state index < -0.39 is 0 Å². The minimum atomic E-state index is -0.324. The van der Waals surface area contributed by atoms with Crippen molar-refractivity contribution in [3.63, 3.8) is 0 Å². The molecule has 0 spiro atoms. The predicted molar refractivity (Wildman–Crippen MR) is 110 cm³/mol. The summed E-state index contributed by atoms with van der Waals surface area (Å²) in [7, 11) is 3.13. The Bertz CT molecular complexity index is 654. The number of rotatable bonds is 7. The van der Waals surface area contributed by atoms with Crippen LogP contribution in [0.4, 0.5) is 0 Å². The highest BCUT2D eigenvalue weighted by Gasteiger charge is 2.29. The normalized spacial score (nSPS) is 22.3. The van der Waals surface area contributed by atoms with Crippen LogP contribution in [0.2, 0.25) is 0 Å². The molecule has 8 heteroatoms. The minimum absolute atomic E-state index is 0.0593. The highest BCUT2D eigenvalue weighted by atomic mass is 16.5. The van der Waals surface area contributed by atoms with Crippen LogP contribution in [-0.4, -0.2) is 111 Å². The summed E-state index contributed by atoms with van der Waals surface area (Å²) in [6, 6.07) is 5.38. The summed E-state index contributed by atoms with van der Waals surface area (Å²) in [5.74, 6) is 1.01. The van der Waals surface area contributed by atoms with Crippen molar-refractivity contribution < 1.29 is 24.1 Å². The molecule has 1 aromatic carbocycles. The molecular formula is C21H33N3O5. The molecule has 0 bridgehead atoms. The molecule has 8 nitrogen and oxygen atoms in total. The third kappa shape index (κ3) is 5.60. The highest BCUT2D eigenvalue weighted by Crippen LogP contribution is 2.29. The number of nitrogens with zero attached hydrogens (tertiary/aromatic N) is 3. The zero-order valence-electron chi connectivity index (χ0n) is 17.7. The number of methoxy groups -OCH3 is 2. The first-order valence-corrected chi connectivity index (χ1v) is 10.3. The molecule has 2 unspecified atom stereocenters. The van der Waals surface area contributed by atoms with E-state index in [1.165, 1.54) is 0 Å². The van der Waals surface area contributed by atoms with Crippen molar-refractivity contribution in [1.29, 1.82) is 0 Å². The van der Waals surface area contributed by atoms with Gasteiger partial charge in [0.25, 0.3) is 5.91 Å². The van der Waals surface area contributed by atoms with Crippen molar-refractivity contribution in [1.82, 2.24) is 14.7 Å². The van der Waals surface area contributed by atoms with E-state index in [0.717, 1.165) is 32.7 Å². The number of ether oxygens (including phenoxy) is 3. The standard InChI is InChI=1S/C21H33N3O5/c1-16(25)13-23-11-12-29-17(15-23)14-22-7-9-24(10-8-22)21(26)20-18(27-2)5-4-6-19(20)28-3/h4-6,16-17,25H,7-15H2,1-3H3. The lowest BCUT2D eigenvalue weighted by atomic mass is 10.1. The van der Waals surface area contributed by atoms with Gasteiger partial charge in [-0.25, -0.2) is 0 Å². The van der Waals surface area contributed by atoms with Gasteiger partial charge in [0.1, 0.15) is 17.1 Å². The summed E-state index contributed by atoms with van der Waals surface area (Å²) in [4.78, 5) is 19.6. The third-order valence-electron chi connectivity index (χ3n) is 5.51. The Labute approximate surface area is 172 Å². The molecule has 3 rings (SSSR count). The van der Waals surface area contributed by atoms with Crippen LogP contribution in [0.5, 0.6) is 11.5 Å². The van der Waals surface area contributed by atoms with Crippen molar-refractivity contribution in [2.24, 2.45) is 0 Å². The largest absolute Gasteiger partial charge is 0.496 e. The molecule has 29 heavy (non-hydrogen) atoms. The van der Waals surface area contributed by atoms with Crippen LogP contribution in [0, 0.1) is 0 Å². The fraction of sp³-hybridized carbons (Fsp3) is 0.667. The summed E-state index contributed by atoms with van der Waals surface area (Å²) < 4.78 is 16.7. The van der Waals surface area contributed by atoms with Gasteiger partial charge in [0.05, 0.1) is 33.0 Å². The highest BCUT2D eigenvalue weighted by molar-refractivity contribution is 5.99. The maximum Gasteiger partial charge on any atom is 0.261 e. The van der Waals surface area contributed by atoms with Gasteiger partial charge in [-0.3, -0.25) is 14.6 Å². The van der Waals surface area contributed by atoms with Crippen LogP contribution in [0.3, 0.4) is 0 Å². The number of benzene rings is 1. The Hall–Kier alpha value is -1.87. The van der Waals surface area contributed by atoms with Crippen molar-refractivity contribution >= 4 is 5.91 Å². The lowest BCUT2D eigenvalue weighted by Gasteiger charge is -2.39. The molecule has 2 aliphatic rings. The summed E-state index contributed by atoms with van der Waals surface area (Å²) >= 11 is 0. The smallest absolute Gasteiger partial charge is 0.261 e. The van der Waals surface area contributed by atoms with Crippen LogP contribution >= 0.6 is 0 Å². The Morgan fingerprint density at radius 3 is 2.38 bits per heavy atom. The maximum absolute atomic E-state index is 13.1. The van der Waals surface area contributed by atoms with Crippen LogP contribution in [0.25, 0.3) is 0 Å². The quantitative estimate of drug-likeness (QED) is 0.707. The van der Waals surface area contributed by atoms with Crippen molar-refractivity contribution in [3.05, 3.63) is 23.8 Å². The first-order valence-electron chi connectivity index (χ1n) is 10.3. The zero-order chi connectivity index (χ0) is 20.8. The van der Waals surface area contributed by atoms with Gasteiger partial charge >= 0.3 is 0 Å². The molecule has 162 valence electrons. The molecule has 2 saturated heterocycles. The van der Waals surface area contributed by atoms with Crippen molar-refractivity contribution in [3.8, 4) is 11.5 Å². The molecule has 2 aliphatic heterocycles. The number of piperazine rings is 1. The average Bonchev–Trinajstić information content (AvgIpc) is 2.73. The van der Waals surface area contributed by atoms with E-state index in [4.69, 9.17) is 14.2 Å². The SMILES string of the molecule is COc1cccc(OC)c1C(=O)N1CCN(CC2CN(CC(C)O)CCO2)CC1. The third-order valence-corrected chi connectivity index (χ3v) is 5.51. The summed E-state index contributed by atoms with van der Waals surface area (Å²) in [5.41, 5.74) is 0.482. The van der Waals surface area contributed by atoms with E-state index in [1.807, 2.05) is 17.9 Å². The number of morpholine rings is 1. The molecule has 2 heterocycles. The molecule has 1 amide bonds. The molecular weight excluding hydrogens is 374 g/mol. The van der Waals surface area contributed by atoms with E-state index in [1.54, 1.807) is 26.4 Å². The van der Waals surface area contributed by atoms with Gasteiger partial charge in [0, 0.05) is 52.4 Å². The van der Waals surface area contributed by atoms with Gasteiger partial charge in [-0.2, -0.15) is 0 Å². The van der Waals surface area contributed by atoms with E-state index >= 15 is 0 Å². The van der Waals surface area contributed by atoms with E-state index in [2.05, 4.69) is 9.80 Å². The Kier molecular flexibility index (Phi) is 7.71. The molecule has 0 radical (unpaired) electrons. The number of carbonyl (C=O) groups excluding carboxylic acids is 1. The molecule has 0 aromatic heterocycles. The second-order valence-corrected chi connectivity index (χ2v) is 7.73. The number of aliphatic hydroxyl groups excluding tert-OH is 1. The Morgan fingerprint density at radius 1 is 1.14 bits per heavy atom. The molecule has 2 atom stereocenters. The van der Waals surface area contributed by atoms with E-state index in [0.29, 0.717) is 43.3 Å². The number of β-amino-alcohol motifs (C(OH)–C–C–N with tert-alkyl or cyclic N) is 1. The second-order valence-electron chi connectivity index (χ2n) is 7.73. The number of aliphatic hydroxyl groups is 1. The first kappa shape index (κ1) is 21.8. The number of hydrogen-bond donors (Lipinski definition) is 1. The fourth-order valence-electron chi connectivity index (χ4n) is 4.07. The van der Waals surface area contributed by atoms with Gasteiger partial charge in [-0.1, -0.05) is 6.07 Å². The first-order chi connectivity index (χ1) is 14.0. The van der Waals surface area contributed by atoms with Crippen molar-refractivity contribution in [2.75, 3.05) is 73.2 Å². The molecule has 0 saturated carbocycles. The monoisotopic (exact) mass is 407 g/mol. The number of carbonyl (C=O) groups is 1. The Morgan fingerprint density at radius 2 is 1.79 bits per heavy atom. The van der Waals surface area contributed by atoms with Crippen LogP contribution in [0.1, 0.15) is 17.3 Å². The summed E-state index contributed by atoms with van der Waals surface area (Å²) in [6.07, 6.45) is -0.186. The zero-order valence-corrected chi connectivity index (χ0v) is 17.7. The van der Waals surface area contributed by atoms with Gasteiger partial charge in [0.2, 0.25) is 0 Å². The maximum atomic E-state index is 13.1. The van der Waals surface area contributed by atoms with Gasteiger partial charge in [-0.05, 0) is 19.1 Å². The lowest BCUT2D eigenvalue weighted by molar-refractivity contribution is -0.0551. The van der Waals surface area contributed by atoms with E-state index in [-0.39, 0.29) is 18.1 Å². The molecule has 2 fully saturated rings. The van der Waals surface area contributed by atoms with Crippen LogP contribution in [0.15, 0.2) is 18.2 Å². The van der Waals surface area contributed by atoms with E-state index in [9.17, 15) is 9.90 Å². The fourth-order valence-corrected chi connectivity index (χ4v) is 4.07. The summed E-state index contributed by atoms with van der Waals surface area (Å²) in [5, 5.41) is 9.61. The lowest BCUT2D eigenvalue weighted by Crippen LogP contribution is -2.54. The predicted octanol–water partition coefficient (Wildman–Crippen LogP) is 0.543. The minimum Gasteiger partial charge on any atom is -0.496 e. The number of amides is 1. The van der Waals surface area contributed by atoms with Gasteiger partial charge in [-0.15, -0.1) is 0 Å². The molecule has 1 aromatic rings. The second kappa shape index (κ2) is 10.2. The van der Waals surface area contributed by atoms with Gasteiger partial charge in [0.15, 0.2) is 0 Å². The van der Waals surface area contributed by atoms with Crippen molar-refractivity contribution in [2.45, 2.75) is 19.1 Å². The topological polar surface area (TPSA) is 74.7 Å². The Balaban J connectivity index is 1.54.